The molecule has 2 aromatic rings. The van der Waals surface area contributed by atoms with E-state index in [0.29, 0.717) is 17.0 Å². The van der Waals surface area contributed by atoms with Crippen LogP contribution in [0.15, 0.2) is 75.7 Å². The van der Waals surface area contributed by atoms with Gasteiger partial charge < -0.3 is 5.73 Å². The van der Waals surface area contributed by atoms with Crippen molar-refractivity contribution < 1.29 is 0 Å². The summed E-state index contributed by atoms with van der Waals surface area (Å²) in [5.74, 6) is -0.112. The van der Waals surface area contributed by atoms with Crippen molar-refractivity contribution in [2.45, 2.75) is 10.8 Å². The van der Waals surface area contributed by atoms with Gasteiger partial charge in [-0.25, -0.2) is 0 Å². The van der Waals surface area contributed by atoms with Crippen molar-refractivity contribution in [3.8, 4) is 12.1 Å². The summed E-state index contributed by atoms with van der Waals surface area (Å²) in [4.78, 5) is 6.95. The Morgan fingerprint density at radius 1 is 1.08 bits per heavy atom. The number of hydrogen-bond acceptors (Lipinski definition) is 6. The van der Waals surface area contributed by atoms with Gasteiger partial charge in [0.15, 0.2) is 0 Å². The molecule has 2 N–H and O–H groups in total. The molecule has 5 nitrogen and oxygen atoms in total. The van der Waals surface area contributed by atoms with Gasteiger partial charge in [-0.05, 0) is 23.8 Å². The first kappa shape index (κ1) is 14.4. The molecule has 2 aliphatic heterocycles. The van der Waals surface area contributed by atoms with Gasteiger partial charge >= 0.3 is 0 Å². The number of benzene rings is 1. The Morgan fingerprint density at radius 3 is 2.58 bits per heavy atom. The third kappa shape index (κ3) is 1.91. The maximum atomic E-state index is 9.81. The first-order valence-electron chi connectivity index (χ1n) is 7.27. The summed E-state index contributed by atoms with van der Waals surface area (Å²) in [6.45, 7) is 0. The van der Waals surface area contributed by atoms with E-state index in [2.05, 4.69) is 17.1 Å². The summed E-state index contributed by atoms with van der Waals surface area (Å²) in [5.41, 5.74) is 8.93. The van der Waals surface area contributed by atoms with Crippen LogP contribution in [-0.4, -0.2) is 4.98 Å². The van der Waals surface area contributed by atoms with Crippen LogP contribution < -0.4 is 10.6 Å². The van der Waals surface area contributed by atoms with Gasteiger partial charge in [-0.3, -0.25) is 9.88 Å². The van der Waals surface area contributed by atoms with Crippen LogP contribution in [0.3, 0.4) is 0 Å². The fraction of sp³-hybridized carbons (Fsp3) is 0.0556. The van der Waals surface area contributed by atoms with Gasteiger partial charge in [0.1, 0.15) is 10.9 Å². The van der Waals surface area contributed by atoms with Crippen LogP contribution in [0.4, 0.5) is 5.69 Å². The average molecular weight is 329 g/mol. The van der Waals surface area contributed by atoms with Crippen molar-refractivity contribution in [3.63, 3.8) is 0 Å². The number of aromatic nitrogens is 1. The molecule has 0 radical (unpaired) electrons. The molecule has 2 aliphatic rings. The van der Waals surface area contributed by atoms with Crippen LogP contribution in [0.1, 0.15) is 11.5 Å². The van der Waals surface area contributed by atoms with Gasteiger partial charge in [-0.15, -0.1) is 0 Å². The van der Waals surface area contributed by atoms with Crippen LogP contribution in [0.25, 0.3) is 0 Å². The van der Waals surface area contributed by atoms with E-state index in [-0.39, 0.29) is 0 Å². The molecule has 0 saturated carbocycles. The van der Waals surface area contributed by atoms with Gasteiger partial charge in [0.2, 0.25) is 0 Å². The Labute approximate surface area is 143 Å². The summed E-state index contributed by atoms with van der Waals surface area (Å²) in [6.07, 6.45) is 3.34. The molecule has 0 fully saturated rings. The number of nitrogens with two attached hydrogens (primary N) is 1. The molecule has 114 valence electrons. The third-order valence-electron chi connectivity index (χ3n) is 4.10. The lowest BCUT2D eigenvalue weighted by Gasteiger charge is -2.31. The van der Waals surface area contributed by atoms with E-state index in [1.54, 1.807) is 18.5 Å². The topological polar surface area (TPSA) is 89.7 Å². The number of fused-ring (bicyclic) bond motifs is 3. The van der Waals surface area contributed by atoms with E-state index in [1.165, 1.54) is 11.8 Å². The molecular weight excluding hydrogens is 318 g/mol. The van der Waals surface area contributed by atoms with Gasteiger partial charge in [0.05, 0.1) is 34.9 Å². The van der Waals surface area contributed by atoms with Crippen molar-refractivity contribution in [1.82, 2.24) is 4.98 Å². The van der Waals surface area contributed by atoms with Crippen molar-refractivity contribution in [2.24, 2.45) is 5.73 Å². The van der Waals surface area contributed by atoms with E-state index < -0.39 is 5.92 Å². The SMILES string of the molecule is N#CC1=C(N)N2C(=C(C#N)[C@H]1c1cccnc1)Sc1ccccc12. The molecular formula is C18H11N5S. The number of nitriles is 2. The highest BCUT2D eigenvalue weighted by molar-refractivity contribution is 8.03. The zero-order chi connectivity index (χ0) is 16.7. The zero-order valence-electron chi connectivity index (χ0n) is 12.5. The minimum atomic E-state index is -0.484. The highest BCUT2D eigenvalue weighted by Crippen LogP contribution is 2.54. The van der Waals surface area contributed by atoms with Crippen LogP contribution in [0, 0.1) is 22.7 Å². The highest BCUT2D eigenvalue weighted by Gasteiger charge is 2.40. The molecule has 0 spiro atoms. The lowest BCUT2D eigenvalue weighted by Crippen LogP contribution is -2.32. The second kappa shape index (κ2) is 5.45. The van der Waals surface area contributed by atoms with Crippen molar-refractivity contribution in [3.05, 3.63) is 76.4 Å². The minimum Gasteiger partial charge on any atom is -0.384 e. The maximum absolute atomic E-state index is 9.81. The van der Waals surface area contributed by atoms with Crippen LogP contribution in [0.2, 0.25) is 0 Å². The highest BCUT2D eigenvalue weighted by atomic mass is 32.2. The number of anilines is 1. The van der Waals surface area contributed by atoms with Gasteiger partial charge in [-0.1, -0.05) is 30.0 Å². The molecule has 0 saturated heterocycles. The molecule has 0 aliphatic carbocycles. The zero-order valence-corrected chi connectivity index (χ0v) is 13.3. The smallest absolute Gasteiger partial charge is 0.123 e. The van der Waals surface area contributed by atoms with Gasteiger partial charge in [0.25, 0.3) is 0 Å². The van der Waals surface area contributed by atoms with Crippen LogP contribution in [-0.2, 0) is 0 Å². The normalized spacial score (nSPS) is 18.8. The number of allylic oxidation sites excluding steroid dienone is 2. The number of nitrogens with zero attached hydrogens (tertiary/aromatic N) is 4. The molecule has 1 aromatic carbocycles. The molecule has 24 heavy (non-hydrogen) atoms. The predicted octanol–water partition coefficient (Wildman–Crippen LogP) is 3.22. The summed E-state index contributed by atoms with van der Waals surface area (Å²) >= 11 is 1.51. The maximum Gasteiger partial charge on any atom is 0.123 e. The Kier molecular flexibility index (Phi) is 3.26. The molecule has 6 heteroatoms. The lowest BCUT2D eigenvalue weighted by molar-refractivity contribution is 0.878. The summed E-state index contributed by atoms with van der Waals surface area (Å²) in [5, 5.41) is 20.3. The Hall–Kier alpha value is -3.22. The first-order chi connectivity index (χ1) is 11.8. The Balaban J connectivity index is 1.99. The number of pyridine rings is 1. The molecule has 3 heterocycles. The largest absolute Gasteiger partial charge is 0.384 e. The summed E-state index contributed by atoms with van der Waals surface area (Å²) in [6, 6.07) is 15.9. The fourth-order valence-corrected chi connectivity index (χ4v) is 4.23. The summed E-state index contributed by atoms with van der Waals surface area (Å²) in [7, 11) is 0. The third-order valence-corrected chi connectivity index (χ3v) is 5.26. The van der Waals surface area contributed by atoms with Crippen LogP contribution >= 0.6 is 11.8 Å². The monoisotopic (exact) mass is 329 g/mol. The molecule has 0 unspecified atom stereocenters. The predicted molar refractivity (Wildman–Crippen MR) is 91.2 cm³/mol. The Bertz CT molecular complexity index is 978. The van der Waals surface area contributed by atoms with Crippen molar-refractivity contribution in [1.29, 1.82) is 10.5 Å². The van der Waals surface area contributed by atoms with Gasteiger partial charge in [0, 0.05) is 17.3 Å². The first-order valence-corrected chi connectivity index (χ1v) is 8.09. The fourth-order valence-electron chi connectivity index (χ4n) is 3.05. The van der Waals surface area contributed by atoms with E-state index in [4.69, 9.17) is 5.73 Å². The number of hydrogen-bond donors (Lipinski definition) is 1. The average Bonchev–Trinajstić information content (AvgIpc) is 3.02. The van der Waals surface area contributed by atoms with E-state index in [0.717, 1.165) is 21.2 Å². The summed E-state index contributed by atoms with van der Waals surface area (Å²) < 4.78 is 0. The van der Waals surface area contributed by atoms with E-state index >= 15 is 0 Å². The molecule has 1 atom stereocenters. The number of thioether (sulfide) groups is 1. The van der Waals surface area contributed by atoms with E-state index in [1.807, 2.05) is 35.2 Å². The second-order valence-corrected chi connectivity index (χ2v) is 6.40. The minimum absolute atomic E-state index is 0.373. The quantitative estimate of drug-likeness (QED) is 0.864. The van der Waals surface area contributed by atoms with Gasteiger partial charge in [-0.2, -0.15) is 10.5 Å². The molecule has 1 aromatic heterocycles. The Morgan fingerprint density at radius 2 is 1.88 bits per heavy atom. The number of rotatable bonds is 1. The van der Waals surface area contributed by atoms with E-state index in [9.17, 15) is 10.5 Å². The van der Waals surface area contributed by atoms with Crippen LogP contribution in [0.5, 0.6) is 0 Å². The molecule has 0 amide bonds. The lowest BCUT2D eigenvalue weighted by atomic mass is 9.84. The van der Waals surface area contributed by atoms with Crippen molar-refractivity contribution in [2.75, 3.05) is 4.90 Å². The molecule has 0 bridgehead atoms. The second-order valence-electron chi connectivity index (χ2n) is 5.37. The number of para-hydroxylation sites is 1. The molecule has 4 rings (SSSR count). The standard InChI is InChI=1S/C18H11N5S/c19-8-12-16(11-4-3-7-22-10-11)13(9-20)18-23(17(12)21)14-5-1-2-6-15(14)24-18/h1-7,10,16H,21H2/t16-/m0/s1. The van der Waals surface area contributed by atoms with Crippen molar-refractivity contribution >= 4 is 17.4 Å².